The summed E-state index contributed by atoms with van der Waals surface area (Å²) in [6.45, 7) is 6.51. The molecule has 0 radical (unpaired) electrons. The Morgan fingerprint density at radius 2 is 0.563 bits per heavy atom. The van der Waals surface area contributed by atoms with E-state index in [-0.39, 0.29) is 37.5 Å². The van der Waals surface area contributed by atoms with Crippen LogP contribution in [-0.4, -0.2) is 37.2 Å². The number of carbonyl (C=O) groups excluding carboxylic acids is 3. The topological polar surface area (TPSA) is 78.9 Å². The number of carbonyl (C=O) groups is 3. The van der Waals surface area contributed by atoms with Crippen LogP contribution < -0.4 is 0 Å². The number of ether oxygens (including phenoxy) is 3. The highest BCUT2D eigenvalue weighted by atomic mass is 16.6. The molecule has 0 heterocycles. The number of esters is 3. The van der Waals surface area contributed by atoms with Crippen molar-refractivity contribution in [2.75, 3.05) is 13.2 Å². The maximum absolute atomic E-state index is 12.9. The molecule has 0 saturated carbocycles. The first-order valence-corrected chi connectivity index (χ1v) is 30.4. The van der Waals surface area contributed by atoms with Gasteiger partial charge >= 0.3 is 17.9 Å². The third-order valence-corrected chi connectivity index (χ3v) is 13.2. The van der Waals surface area contributed by atoms with Gasteiger partial charge in [0.25, 0.3) is 0 Å². The number of hydrogen-bond acceptors (Lipinski definition) is 6. The van der Waals surface area contributed by atoms with Crippen molar-refractivity contribution in [2.24, 2.45) is 0 Å². The molecule has 0 aromatic heterocycles. The van der Waals surface area contributed by atoms with Gasteiger partial charge in [-0.05, 0) is 83.5 Å². The van der Waals surface area contributed by atoms with Crippen LogP contribution in [0.1, 0.15) is 303 Å². The zero-order chi connectivity index (χ0) is 51.4. The van der Waals surface area contributed by atoms with Gasteiger partial charge in [-0.25, -0.2) is 0 Å². The van der Waals surface area contributed by atoms with E-state index in [0.717, 1.165) is 77.0 Å². The molecule has 0 aromatic rings. The SMILES string of the molecule is CC/C=C\C/C=C\C/C=C\C/C=C\C/C=C\CCCC(=O)O[C@H](COC(=O)CCCCCCCCCCC/C=C\CCCCCCCC)COC(=O)CCCCCCCCCCCCCCCCCCC. The lowest BCUT2D eigenvalue weighted by Crippen LogP contribution is -2.30. The fourth-order valence-electron chi connectivity index (χ4n) is 8.65. The highest BCUT2D eigenvalue weighted by Crippen LogP contribution is 2.16. The molecule has 0 saturated heterocycles. The monoisotopic (exact) mass is 991 g/mol. The van der Waals surface area contributed by atoms with E-state index in [2.05, 4.69) is 93.7 Å². The van der Waals surface area contributed by atoms with Crippen LogP contribution in [0.3, 0.4) is 0 Å². The molecule has 410 valence electrons. The summed E-state index contributed by atoms with van der Waals surface area (Å²) in [5.41, 5.74) is 0. The Kier molecular flexibility index (Phi) is 56.8. The van der Waals surface area contributed by atoms with E-state index in [1.807, 2.05) is 0 Å². The fourth-order valence-corrected chi connectivity index (χ4v) is 8.65. The van der Waals surface area contributed by atoms with Crippen LogP contribution in [-0.2, 0) is 28.6 Å². The molecule has 0 amide bonds. The Labute approximate surface area is 440 Å². The van der Waals surface area contributed by atoms with Crippen LogP contribution in [0, 0.1) is 0 Å². The van der Waals surface area contributed by atoms with Crippen molar-refractivity contribution < 1.29 is 28.6 Å². The van der Waals surface area contributed by atoms with Gasteiger partial charge in [0.15, 0.2) is 6.10 Å². The summed E-state index contributed by atoms with van der Waals surface area (Å²) in [5, 5.41) is 0. The number of hydrogen-bond donors (Lipinski definition) is 0. The molecule has 0 aromatic carbocycles. The summed E-state index contributed by atoms with van der Waals surface area (Å²) in [6.07, 6.45) is 76.2. The van der Waals surface area contributed by atoms with E-state index >= 15 is 0 Å². The first-order chi connectivity index (χ1) is 35.0. The average molecular weight is 992 g/mol. The van der Waals surface area contributed by atoms with Gasteiger partial charge in [0, 0.05) is 19.3 Å². The van der Waals surface area contributed by atoms with Crippen LogP contribution in [0.5, 0.6) is 0 Å². The van der Waals surface area contributed by atoms with E-state index in [9.17, 15) is 14.4 Å². The second kappa shape index (κ2) is 59.4. The Morgan fingerprint density at radius 1 is 0.296 bits per heavy atom. The molecule has 0 bridgehead atoms. The molecule has 71 heavy (non-hydrogen) atoms. The molecule has 6 nitrogen and oxygen atoms in total. The molecule has 0 N–H and O–H groups in total. The van der Waals surface area contributed by atoms with Crippen LogP contribution >= 0.6 is 0 Å². The van der Waals surface area contributed by atoms with E-state index < -0.39 is 6.10 Å². The maximum Gasteiger partial charge on any atom is 0.306 e. The Balaban J connectivity index is 4.43. The average Bonchev–Trinajstić information content (AvgIpc) is 3.37. The second-order valence-electron chi connectivity index (χ2n) is 20.2. The zero-order valence-corrected chi connectivity index (χ0v) is 47.0. The van der Waals surface area contributed by atoms with Gasteiger partial charge in [0.1, 0.15) is 13.2 Å². The molecule has 0 rings (SSSR count). The highest BCUT2D eigenvalue weighted by Gasteiger charge is 2.19. The standard InChI is InChI=1S/C65H114O6/c1-4-7-10-13-16-19-22-25-28-31-32-35-37-40-43-46-49-52-55-58-64(67)70-61-62(71-65(68)59-56-53-50-47-44-41-38-34-30-27-24-21-18-15-12-9-6-3)60-69-63(66)57-54-51-48-45-42-39-36-33-29-26-23-20-17-14-11-8-5-2/h9,12,18,21,25,27-28,30,38,41,47,50,62H,4-8,10-11,13-17,19-20,22-24,26,29,31-37,39-40,42-46,48-49,51-61H2,1-3H3/b12-9-,21-18-,28-25-,30-27-,41-38-,50-47-/t62-/m0/s1. The number of unbranched alkanes of at least 4 members (excludes halogenated alkanes) is 32. The largest absolute Gasteiger partial charge is 0.462 e. The molecule has 6 heteroatoms. The summed E-state index contributed by atoms with van der Waals surface area (Å²) in [7, 11) is 0. The summed E-state index contributed by atoms with van der Waals surface area (Å²) in [6, 6.07) is 0. The van der Waals surface area contributed by atoms with Gasteiger partial charge < -0.3 is 14.2 Å². The summed E-state index contributed by atoms with van der Waals surface area (Å²) in [4.78, 5) is 38.2. The predicted octanol–water partition coefficient (Wildman–Crippen LogP) is 20.5. The lowest BCUT2D eigenvalue weighted by molar-refractivity contribution is -0.167. The van der Waals surface area contributed by atoms with Gasteiger partial charge in [-0.3, -0.25) is 14.4 Å². The molecule has 1 atom stereocenters. The molecule has 0 fully saturated rings. The van der Waals surface area contributed by atoms with Crippen molar-refractivity contribution in [2.45, 2.75) is 309 Å². The van der Waals surface area contributed by atoms with Gasteiger partial charge in [-0.2, -0.15) is 0 Å². The predicted molar refractivity (Wildman–Crippen MR) is 307 cm³/mol. The Hall–Kier alpha value is -3.15. The summed E-state index contributed by atoms with van der Waals surface area (Å²) >= 11 is 0. The van der Waals surface area contributed by atoms with Gasteiger partial charge in [-0.15, -0.1) is 0 Å². The van der Waals surface area contributed by atoms with Crippen molar-refractivity contribution >= 4 is 17.9 Å². The molecule has 0 spiro atoms. The minimum absolute atomic E-state index is 0.0957. The lowest BCUT2D eigenvalue weighted by Gasteiger charge is -2.18. The third kappa shape index (κ3) is 57.6. The van der Waals surface area contributed by atoms with Crippen molar-refractivity contribution in [3.05, 3.63) is 72.9 Å². The molecular formula is C65H114O6. The van der Waals surface area contributed by atoms with Gasteiger partial charge in [0.2, 0.25) is 0 Å². The minimum atomic E-state index is -0.805. The van der Waals surface area contributed by atoms with Crippen molar-refractivity contribution in [3.63, 3.8) is 0 Å². The first-order valence-electron chi connectivity index (χ1n) is 30.4. The number of rotatable bonds is 55. The Bertz CT molecular complexity index is 1320. The summed E-state index contributed by atoms with van der Waals surface area (Å²) in [5.74, 6) is -0.943. The maximum atomic E-state index is 12.9. The smallest absolute Gasteiger partial charge is 0.306 e. The molecular weight excluding hydrogens is 877 g/mol. The van der Waals surface area contributed by atoms with Crippen molar-refractivity contribution in [1.29, 1.82) is 0 Å². The molecule has 0 aliphatic heterocycles. The number of allylic oxidation sites excluding steroid dienone is 12. The van der Waals surface area contributed by atoms with Crippen LogP contribution in [0.25, 0.3) is 0 Å². The van der Waals surface area contributed by atoms with E-state index in [1.54, 1.807) is 0 Å². The molecule has 0 aliphatic rings. The Morgan fingerprint density at radius 3 is 0.915 bits per heavy atom. The fraction of sp³-hybridized carbons (Fsp3) is 0.769. The van der Waals surface area contributed by atoms with E-state index in [1.165, 1.54) is 180 Å². The quantitative estimate of drug-likeness (QED) is 0.0261. The normalized spacial score (nSPS) is 12.5. The second-order valence-corrected chi connectivity index (χ2v) is 20.2. The van der Waals surface area contributed by atoms with Crippen LogP contribution in [0.15, 0.2) is 72.9 Å². The van der Waals surface area contributed by atoms with Crippen LogP contribution in [0.2, 0.25) is 0 Å². The van der Waals surface area contributed by atoms with Crippen molar-refractivity contribution in [3.8, 4) is 0 Å². The van der Waals surface area contributed by atoms with Gasteiger partial charge in [-0.1, -0.05) is 273 Å². The van der Waals surface area contributed by atoms with Crippen molar-refractivity contribution in [1.82, 2.24) is 0 Å². The lowest BCUT2D eigenvalue weighted by atomic mass is 10.0. The van der Waals surface area contributed by atoms with Crippen LogP contribution in [0.4, 0.5) is 0 Å². The third-order valence-electron chi connectivity index (χ3n) is 13.2. The minimum Gasteiger partial charge on any atom is -0.462 e. The summed E-state index contributed by atoms with van der Waals surface area (Å²) < 4.78 is 16.9. The van der Waals surface area contributed by atoms with E-state index in [0.29, 0.717) is 19.3 Å². The first kappa shape index (κ1) is 67.8. The highest BCUT2D eigenvalue weighted by molar-refractivity contribution is 5.71. The molecule has 0 unspecified atom stereocenters. The molecule has 0 aliphatic carbocycles. The van der Waals surface area contributed by atoms with E-state index in [4.69, 9.17) is 14.2 Å². The van der Waals surface area contributed by atoms with Gasteiger partial charge in [0.05, 0.1) is 0 Å². The zero-order valence-electron chi connectivity index (χ0n) is 47.0.